The van der Waals surface area contributed by atoms with Gasteiger partial charge in [0.1, 0.15) is 24.7 Å². The number of rotatable bonds is 10. The topological polar surface area (TPSA) is 36.9 Å². The van der Waals surface area contributed by atoms with E-state index >= 15 is 0 Å². The highest BCUT2D eigenvalue weighted by atomic mass is 16.7. The number of benzene rings is 2. The van der Waals surface area contributed by atoms with E-state index in [1.807, 2.05) is 68.4 Å². The fourth-order valence-electron chi connectivity index (χ4n) is 2.05. The zero-order valence-electron chi connectivity index (χ0n) is 13.7. The average Bonchev–Trinajstić information content (AvgIpc) is 2.60. The quantitative estimate of drug-likeness (QED) is 0.620. The molecule has 4 heteroatoms. The molecule has 2 aromatic carbocycles. The van der Waals surface area contributed by atoms with Gasteiger partial charge in [0.05, 0.1) is 0 Å². The van der Waals surface area contributed by atoms with Gasteiger partial charge in [-0.3, -0.25) is 0 Å². The summed E-state index contributed by atoms with van der Waals surface area (Å²) in [4.78, 5) is 0. The molecule has 0 aliphatic carbocycles. The first-order valence-electron chi connectivity index (χ1n) is 7.94. The van der Waals surface area contributed by atoms with Gasteiger partial charge >= 0.3 is 0 Å². The summed E-state index contributed by atoms with van der Waals surface area (Å²) in [5.41, 5.74) is 1.14. The van der Waals surface area contributed by atoms with Crippen molar-refractivity contribution >= 4 is 0 Å². The molecule has 0 fully saturated rings. The molecule has 0 spiro atoms. The van der Waals surface area contributed by atoms with Crippen LogP contribution in [-0.4, -0.2) is 26.1 Å². The Hall–Kier alpha value is -2.04. The maximum atomic E-state index is 5.74. The Morgan fingerprint density at radius 1 is 0.739 bits per heavy atom. The Labute approximate surface area is 137 Å². The lowest BCUT2D eigenvalue weighted by Gasteiger charge is -2.17. The van der Waals surface area contributed by atoms with Gasteiger partial charge in [0.15, 0.2) is 6.29 Å². The third-order valence-corrected chi connectivity index (χ3v) is 3.16. The number of hydrogen-bond donors (Lipinski definition) is 0. The molecule has 0 saturated carbocycles. The van der Waals surface area contributed by atoms with Crippen LogP contribution in [0.15, 0.2) is 54.6 Å². The minimum Gasteiger partial charge on any atom is -0.489 e. The zero-order chi connectivity index (χ0) is 16.3. The van der Waals surface area contributed by atoms with Crippen molar-refractivity contribution in [3.05, 3.63) is 60.2 Å². The first kappa shape index (κ1) is 17.3. The first-order chi connectivity index (χ1) is 11.3. The summed E-state index contributed by atoms with van der Waals surface area (Å²) < 4.78 is 22.3. The van der Waals surface area contributed by atoms with E-state index in [0.717, 1.165) is 17.1 Å². The molecule has 0 N–H and O–H groups in total. The van der Waals surface area contributed by atoms with Crippen LogP contribution in [0.4, 0.5) is 0 Å². The van der Waals surface area contributed by atoms with Crippen LogP contribution in [-0.2, 0) is 16.1 Å². The van der Waals surface area contributed by atoms with E-state index in [9.17, 15) is 0 Å². The Morgan fingerprint density at radius 3 is 1.87 bits per heavy atom. The largest absolute Gasteiger partial charge is 0.489 e. The third-order valence-electron chi connectivity index (χ3n) is 3.16. The minimum absolute atomic E-state index is 0.334. The van der Waals surface area contributed by atoms with E-state index in [4.69, 9.17) is 18.9 Å². The highest BCUT2D eigenvalue weighted by Crippen LogP contribution is 2.19. The maximum absolute atomic E-state index is 5.74. The molecule has 0 heterocycles. The van der Waals surface area contributed by atoms with E-state index < -0.39 is 0 Å². The van der Waals surface area contributed by atoms with Crippen molar-refractivity contribution in [1.82, 2.24) is 0 Å². The Balaban J connectivity index is 1.79. The molecule has 0 bridgehead atoms. The number of ether oxygens (including phenoxy) is 4. The van der Waals surface area contributed by atoms with Gasteiger partial charge in [0, 0.05) is 13.2 Å². The predicted octanol–water partition coefficient (Wildman–Crippen LogP) is 4.04. The van der Waals surface area contributed by atoms with E-state index in [1.54, 1.807) is 0 Å². The fraction of sp³-hybridized carbons (Fsp3) is 0.368. The van der Waals surface area contributed by atoms with Gasteiger partial charge in [0.25, 0.3) is 0 Å². The van der Waals surface area contributed by atoms with Crippen molar-refractivity contribution in [3.63, 3.8) is 0 Å². The molecule has 0 amide bonds. The van der Waals surface area contributed by atoms with E-state index in [0.29, 0.717) is 26.4 Å². The fourth-order valence-corrected chi connectivity index (χ4v) is 2.05. The van der Waals surface area contributed by atoms with Crippen LogP contribution in [0.3, 0.4) is 0 Å². The molecule has 0 atom stereocenters. The van der Waals surface area contributed by atoms with Crippen molar-refractivity contribution in [2.45, 2.75) is 26.7 Å². The lowest BCUT2D eigenvalue weighted by molar-refractivity contribution is -0.152. The van der Waals surface area contributed by atoms with Crippen LogP contribution in [0.1, 0.15) is 19.4 Å². The summed E-state index contributed by atoms with van der Waals surface area (Å²) in [6, 6.07) is 17.6. The van der Waals surface area contributed by atoms with Crippen molar-refractivity contribution in [2.75, 3.05) is 19.8 Å². The molecule has 0 unspecified atom stereocenters. The van der Waals surface area contributed by atoms with Crippen molar-refractivity contribution < 1.29 is 18.9 Å². The molecular formula is C19H24O4. The molecule has 0 aliphatic rings. The monoisotopic (exact) mass is 316 g/mol. The van der Waals surface area contributed by atoms with E-state index in [1.165, 1.54) is 0 Å². The molecule has 0 aliphatic heterocycles. The Kier molecular flexibility index (Phi) is 7.43. The molecule has 4 nitrogen and oxygen atoms in total. The number of hydrogen-bond acceptors (Lipinski definition) is 4. The van der Waals surface area contributed by atoms with Crippen molar-refractivity contribution in [2.24, 2.45) is 0 Å². The van der Waals surface area contributed by atoms with Gasteiger partial charge < -0.3 is 18.9 Å². The van der Waals surface area contributed by atoms with E-state index in [-0.39, 0.29) is 6.29 Å². The second-order valence-corrected chi connectivity index (χ2v) is 4.90. The van der Waals surface area contributed by atoms with Crippen molar-refractivity contribution in [3.8, 4) is 11.5 Å². The van der Waals surface area contributed by atoms with Crippen molar-refractivity contribution in [1.29, 1.82) is 0 Å². The SMILES string of the molecule is CCOC(COc1ccc(OCc2ccccc2)cc1)OCC. The lowest BCUT2D eigenvalue weighted by Crippen LogP contribution is -2.25. The summed E-state index contributed by atoms with van der Waals surface area (Å²) in [5.74, 6) is 1.58. The minimum atomic E-state index is -0.334. The standard InChI is InChI=1S/C19H24O4/c1-3-20-19(21-4-2)15-23-18-12-10-17(11-13-18)22-14-16-8-6-5-7-9-16/h5-13,19H,3-4,14-15H2,1-2H3. The van der Waals surface area contributed by atoms with Gasteiger partial charge in [-0.05, 0) is 43.7 Å². The predicted molar refractivity (Wildman–Crippen MR) is 89.8 cm³/mol. The Morgan fingerprint density at radius 2 is 1.30 bits per heavy atom. The van der Waals surface area contributed by atoms with Gasteiger partial charge in [-0.25, -0.2) is 0 Å². The van der Waals surface area contributed by atoms with Crippen LogP contribution in [0.5, 0.6) is 11.5 Å². The Bertz CT molecular complexity index is 533. The molecule has 0 radical (unpaired) electrons. The highest BCUT2D eigenvalue weighted by Gasteiger charge is 2.08. The summed E-state index contributed by atoms with van der Waals surface area (Å²) in [7, 11) is 0. The summed E-state index contributed by atoms with van der Waals surface area (Å²) >= 11 is 0. The molecule has 2 aromatic rings. The van der Waals surface area contributed by atoms with Gasteiger partial charge in [-0.1, -0.05) is 30.3 Å². The van der Waals surface area contributed by atoms with E-state index in [2.05, 4.69) is 0 Å². The lowest BCUT2D eigenvalue weighted by atomic mass is 10.2. The average molecular weight is 316 g/mol. The second kappa shape index (κ2) is 9.87. The van der Waals surface area contributed by atoms with Gasteiger partial charge in [-0.15, -0.1) is 0 Å². The third kappa shape index (κ3) is 6.30. The molecular weight excluding hydrogens is 292 g/mol. The first-order valence-corrected chi connectivity index (χ1v) is 7.94. The van der Waals surface area contributed by atoms with Gasteiger partial charge in [-0.2, -0.15) is 0 Å². The molecule has 124 valence electrons. The smallest absolute Gasteiger partial charge is 0.191 e. The summed E-state index contributed by atoms with van der Waals surface area (Å²) in [5, 5.41) is 0. The van der Waals surface area contributed by atoms with Crippen LogP contribution >= 0.6 is 0 Å². The molecule has 23 heavy (non-hydrogen) atoms. The van der Waals surface area contributed by atoms with Gasteiger partial charge in [0.2, 0.25) is 0 Å². The van der Waals surface area contributed by atoms with Crippen LogP contribution < -0.4 is 9.47 Å². The maximum Gasteiger partial charge on any atom is 0.191 e. The van der Waals surface area contributed by atoms with Crippen LogP contribution in [0.2, 0.25) is 0 Å². The molecule has 2 rings (SSSR count). The zero-order valence-corrected chi connectivity index (χ0v) is 13.7. The molecule has 0 saturated heterocycles. The second-order valence-electron chi connectivity index (χ2n) is 4.90. The van der Waals surface area contributed by atoms with Crippen LogP contribution in [0.25, 0.3) is 0 Å². The van der Waals surface area contributed by atoms with Crippen LogP contribution in [0, 0.1) is 0 Å². The summed E-state index contributed by atoms with van der Waals surface area (Å²) in [6.45, 7) is 5.99. The highest BCUT2D eigenvalue weighted by molar-refractivity contribution is 5.31. The summed E-state index contributed by atoms with van der Waals surface area (Å²) in [6.07, 6.45) is -0.334. The normalized spacial score (nSPS) is 10.7. The molecule has 0 aromatic heterocycles.